The standard InChI is InChI=1S/C23H26N6O/c1-13(2)19-20(26-22-27-23(3,4)12-29(22)21(19)30)17-10-24-18-7-6-14(8-16(17)18)15-9-25-28(5)11-15/h6-11,13,24H,12H2,1-5H3,(H,26,27). The van der Waals surface area contributed by atoms with E-state index in [1.165, 1.54) is 0 Å². The first-order valence-electron chi connectivity index (χ1n) is 10.3. The molecule has 0 bridgehead atoms. The maximum atomic E-state index is 13.4. The van der Waals surface area contributed by atoms with Crippen LogP contribution in [0.5, 0.6) is 0 Å². The minimum Gasteiger partial charge on any atom is -0.360 e. The molecule has 4 heterocycles. The van der Waals surface area contributed by atoms with Gasteiger partial charge in [0.05, 0.1) is 24.0 Å². The van der Waals surface area contributed by atoms with E-state index in [1.54, 1.807) is 9.25 Å². The highest BCUT2D eigenvalue weighted by Crippen LogP contribution is 2.36. The van der Waals surface area contributed by atoms with Crippen molar-refractivity contribution < 1.29 is 0 Å². The van der Waals surface area contributed by atoms with Crippen LogP contribution in [0.4, 0.5) is 5.95 Å². The van der Waals surface area contributed by atoms with E-state index in [1.807, 2.05) is 25.6 Å². The zero-order valence-electron chi connectivity index (χ0n) is 17.9. The molecule has 7 heteroatoms. The van der Waals surface area contributed by atoms with E-state index in [0.717, 1.165) is 38.9 Å². The van der Waals surface area contributed by atoms with Gasteiger partial charge < -0.3 is 10.3 Å². The summed E-state index contributed by atoms with van der Waals surface area (Å²) < 4.78 is 3.57. The molecule has 0 unspecified atom stereocenters. The summed E-state index contributed by atoms with van der Waals surface area (Å²) in [4.78, 5) is 21.7. The Bertz CT molecular complexity index is 1340. The molecule has 1 aromatic carbocycles. The Morgan fingerprint density at radius 3 is 2.70 bits per heavy atom. The van der Waals surface area contributed by atoms with Crippen LogP contribution in [0.2, 0.25) is 0 Å². The first kappa shape index (κ1) is 18.7. The number of nitrogens with one attached hydrogen (secondary N) is 2. The van der Waals surface area contributed by atoms with E-state index >= 15 is 0 Å². The van der Waals surface area contributed by atoms with Gasteiger partial charge in [0.2, 0.25) is 5.95 Å². The summed E-state index contributed by atoms with van der Waals surface area (Å²) in [5.74, 6) is 0.704. The van der Waals surface area contributed by atoms with Crippen LogP contribution in [0, 0.1) is 0 Å². The molecule has 5 rings (SSSR count). The van der Waals surface area contributed by atoms with E-state index < -0.39 is 0 Å². The molecule has 0 saturated carbocycles. The van der Waals surface area contributed by atoms with Crippen molar-refractivity contribution in [2.24, 2.45) is 7.05 Å². The average molecular weight is 403 g/mol. The summed E-state index contributed by atoms with van der Waals surface area (Å²) in [6.45, 7) is 8.90. The third-order valence-corrected chi connectivity index (χ3v) is 5.76. The van der Waals surface area contributed by atoms with Gasteiger partial charge in [-0.2, -0.15) is 5.10 Å². The molecular weight excluding hydrogens is 376 g/mol. The second-order valence-corrected chi connectivity index (χ2v) is 9.12. The number of aromatic amines is 1. The number of hydrogen-bond donors (Lipinski definition) is 2. The number of H-pyrrole nitrogens is 1. The van der Waals surface area contributed by atoms with Crippen molar-refractivity contribution in [1.29, 1.82) is 0 Å². The number of anilines is 1. The Morgan fingerprint density at radius 2 is 2.00 bits per heavy atom. The summed E-state index contributed by atoms with van der Waals surface area (Å²) in [5.41, 5.74) is 5.46. The zero-order valence-corrected chi connectivity index (χ0v) is 17.9. The van der Waals surface area contributed by atoms with Gasteiger partial charge in [-0.15, -0.1) is 0 Å². The molecule has 0 fully saturated rings. The van der Waals surface area contributed by atoms with Crippen LogP contribution >= 0.6 is 0 Å². The lowest BCUT2D eigenvalue weighted by atomic mass is 9.97. The van der Waals surface area contributed by atoms with Crippen molar-refractivity contribution >= 4 is 16.9 Å². The lowest BCUT2D eigenvalue weighted by Gasteiger charge is -2.15. The molecule has 30 heavy (non-hydrogen) atoms. The molecule has 154 valence electrons. The third kappa shape index (κ3) is 2.84. The monoisotopic (exact) mass is 402 g/mol. The van der Waals surface area contributed by atoms with Gasteiger partial charge in [0, 0.05) is 47.0 Å². The van der Waals surface area contributed by atoms with E-state index in [-0.39, 0.29) is 17.0 Å². The Balaban J connectivity index is 1.75. The first-order chi connectivity index (χ1) is 14.2. The molecule has 0 spiro atoms. The molecular formula is C23H26N6O. The van der Waals surface area contributed by atoms with Gasteiger partial charge in [-0.05, 0) is 37.5 Å². The smallest absolute Gasteiger partial charge is 0.259 e. The summed E-state index contributed by atoms with van der Waals surface area (Å²) in [7, 11) is 1.91. The van der Waals surface area contributed by atoms with Crippen LogP contribution in [0.1, 0.15) is 39.2 Å². The van der Waals surface area contributed by atoms with Crippen molar-refractivity contribution in [2.75, 3.05) is 5.32 Å². The van der Waals surface area contributed by atoms with Crippen LogP contribution in [0.15, 0.2) is 41.6 Å². The van der Waals surface area contributed by atoms with Crippen molar-refractivity contribution in [2.45, 2.75) is 45.7 Å². The number of fused-ring (bicyclic) bond motifs is 2. The van der Waals surface area contributed by atoms with Gasteiger partial charge in [0.15, 0.2) is 0 Å². The van der Waals surface area contributed by atoms with E-state index in [2.05, 4.69) is 61.3 Å². The lowest BCUT2D eigenvalue weighted by molar-refractivity contribution is 0.515. The van der Waals surface area contributed by atoms with Crippen molar-refractivity contribution in [3.63, 3.8) is 0 Å². The molecule has 0 atom stereocenters. The molecule has 0 aliphatic carbocycles. The fraction of sp³-hybridized carbons (Fsp3) is 0.348. The second kappa shape index (κ2) is 6.32. The largest absolute Gasteiger partial charge is 0.360 e. The van der Waals surface area contributed by atoms with E-state index in [0.29, 0.717) is 12.5 Å². The van der Waals surface area contributed by atoms with Crippen molar-refractivity contribution in [3.05, 3.63) is 52.7 Å². The van der Waals surface area contributed by atoms with Gasteiger partial charge in [-0.25, -0.2) is 4.98 Å². The SMILES string of the molecule is CC(C)c1c(-c2c[nH]c3ccc(-c4cnn(C)c4)cc23)nc2n(c1=O)CC(C)(C)N2. The topological polar surface area (TPSA) is 80.5 Å². The van der Waals surface area contributed by atoms with Crippen LogP contribution in [-0.2, 0) is 13.6 Å². The number of rotatable bonds is 3. The lowest BCUT2D eigenvalue weighted by Crippen LogP contribution is -2.30. The Labute approximate surface area is 174 Å². The van der Waals surface area contributed by atoms with Gasteiger partial charge in [0.1, 0.15) is 0 Å². The number of nitrogens with zero attached hydrogens (tertiary/aromatic N) is 4. The third-order valence-electron chi connectivity index (χ3n) is 5.76. The summed E-state index contributed by atoms with van der Waals surface area (Å²) in [6, 6.07) is 6.29. The number of benzene rings is 1. The fourth-order valence-electron chi connectivity index (χ4n) is 4.34. The predicted molar refractivity (Wildman–Crippen MR) is 120 cm³/mol. The van der Waals surface area contributed by atoms with Crippen molar-refractivity contribution in [3.8, 4) is 22.4 Å². The normalized spacial score (nSPS) is 15.0. The molecule has 4 aromatic rings. The summed E-state index contributed by atoms with van der Waals surface area (Å²) >= 11 is 0. The quantitative estimate of drug-likeness (QED) is 0.540. The Hall–Kier alpha value is -3.35. The minimum absolute atomic E-state index is 0.0424. The molecule has 0 saturated heterocycles. The summed E-state index contributed by atoms with van der Waals surface area (Å²) in [6.07, 6.45) is 5.82. The highest BCUT2D eigenvalue weighted by Gasteiger charge is 2.32. The van der Waals surface area contributed by atoms with E-state index in [9.17, 15) is 4.79 Å². The van der Waals surface area contributed by atoms with Gasteiger partial charge in [-0.3, -0.25) is 14.0 Å². The molecule has 0 amide bonds. The first-order valence-corrected chi connectivity index (χ1v) is 10.3. The zero-order chi connectivity index (χ0) is 21.2. The van der Waals surface area contributed by atoms with Crippen molar-refractivity contribution in [1.82, 2.24) is 24.3 Å². The van der Waals surface area contributed by atoms with Gasteiger partial charge in [0.25, 0.3) is 5.56 Å². The molecule has 0 radical (unpaired) electrons. The van der Waals surface area contributed by atoms with E-state index in [4.69, 9.17) is 4.98 Å². The number of aromatic nitrogens is 5. The minimum atomic E-state index is -0.195. The molecule has 2 N–H and O–H groups in total. The highest BCUT2D eigenvalue weighted by molar-refractivity contribution is 5.98. The van der Waals surface area contributed by atoms with Gasteiger partial charge >= 0.3 is 0 Å². The second-order valence-electron chi connectivity index (χ2n) is 9.12. The Morgan fingerprint density at radius 1 is 1.20 bits per heavy atom. The molecule has 1 aliphatic heterocycles. The molecule has 1 aliphatic rings. The fourth-order valence-corrected chi connectivity index (χ4v) is 4.34. The highest BCUT2D eigenvalue weighted by atomic mass is 16.1. The average Bonchev–Trinajstić information content (AvgIpc) is 3.36. The van der Waals surface area contributed by atoms with Crippen LogP contribution in [-0.4, -0.2) is 29.9 Å². The number of hydrogen-bond acceptors (Lipinski definition) is 4. The van der Waals surface area contributed by atoms with Crippen LogP contribution in [0.25, 0.3) is 33.3 Å². The predicted octanol–water partition coefficient (Wildman–Crippen LogP) is 4.12. The van der Waals surface area contributed by atoms with Gasteiger partial charge in [-0.1, -0.05) is 19.9 Å². The maximum absolute atomic E-state index is 13.4. The maximum Gasteiger partial charge on any atom is 0.259 e. The summed E-state index contributed by atoms with van der Waals surface area (Å²) in [5, 5.41) is 8.74. The van der Waals surface area contributed by atoms with Crippen LogP contribution in [0.3, 0.4) is 0 Å². The number of aryl methyl sites for hydroxylation is 1. The van der Waals surface area contributed by atoms with Crippen LogP contribution < -0.4 is 10.9 Å². The molecule has 7 nitrogen and oxygen atoms in total. The molecule has 3 aromatic heterocycles. The Kier molecular flexibility index (Phi) is 3.93.